The Bertz CT molecular complexity index is 1310. The van der Waals surface area contributed by atoms with Crippen LogP contribution in [-0.4, -0.2) is 0 Å². The van der Waals surface area contributed by atoms with Crippen molar-refractivity contribution in [3.8, 4) is 0 Å². The van der Waals surface area contributed by atoms with Crippen LogP contribution in [0.5, 0.6) is 0 Å². The van der Waals surface area contributed by atoms with Gasteiger partial charge < -0.3 is 8.83 Å². The number of furan rings is 2. The molecule has 0 saturated carbocycles. The Morgan fingerprint density at radius 1 is 0.583 bits per heavy atom. The fourth-order valence-corrected chi connectivity index (χ4v) is 6.51. The quantitative estimate of drug-likeness (QED) is 0.286. The molecule has 0 spiro atoms. The van der Waals surface area contributed by atoms with Crippen LogP contribution in [0.15, 0.2) is 45.2 Å². The van der Waals surface area contributed by atoms with Crippen LogP contribution < -0.4 is 0 Å². The molecule has 2 nitrogen and oxygen atoms in total. The van der Waals surface area contributed by atoms with E-state index in [1.54, 1.807) is 0 Å². The minimum Gasteiger partial charge on any atom is -0.461 e. The normalized spacial score (nSPS) is 12.6. The van der Waals surface area contributed by atoms with Crippen molar-refractivity contribution in [2.45, 2.75) is 13.8 Å². The second-order valence-corrected chi connectivity index (χ2v) is 8.33. The summed E-state index contributed by atoms with van der Waals surface area (Å²) in [6.07, 6.45) is 0. The Morgan fingerprint density at radius 3 is 1.50 bits per heavy atom. The molecule has 0 unspecified atom stereocenters. The Hall–Kier alpha value is -2.30. The summed E-state index contributed by atoms with van der Waals surface area (Å²) in [5.74, 6) is 1.93. The molecule has 0 radical (unpaired) electrons. The SMILES string of the molecule is Cc1cc2c(ccc3c2sc2c4ccc5oc(C)cc5c4sc32)o1. The average molecular weight is 348 g/mol. The van der Waals surface area contributed by atoms with Gasteiger partial charge in [-0.05, 0) is 50.2 Å². The minimum atomic E-state index is 0.967. The lowest BCUT2D eigenvalue weighted by atomic mass is 10.1. The van der Waals surface area contributed by atoms with E-state index in [1.807, 2.05) is 36.5 Å². The number of hydrogen-bond donors (Lipinski definition) is 0. The molecule has 24 heavy (non-hydrogen) atoms. The van der Waals surface area contributed by atoms with E-state index in [1.165, 1.54) is 40.3 Å². The van der Waals surface area contributed by atoms with E-state index in [9.17, 15) is 0 Å². The number of benzene rings is 2. The van der Waals surface area contributed by atoms with Crippen LogP contribution in [0.1, 0.15) is 11.5 Å². The molecule has 6 rings (SSSR count). The molecule has 0 amide bonds. The van der Waals surface area contributed by atoms with Gasteiger partial charge in [0.25, 0.3) is 0 Å². The number of thiophene rings is 2. The molecule has 116 valence electrons. The number of hydrogen-bond acceptors (Lipinski definition) is 4. The third-order valence-corrected chi connectivity index (χ3v) is 7.33. The summed E-state index contributed by atoms with van der Waals surface area (Å²) in [6.45, 7) is 4.02. The Balaban J connectivity index is 1.85. The maximum atomic E-state index is 5.79. The van der Waals surface area contributed by atoms with Gasteiger partial charge >= 0.3 is 0 Å². The van der Waals surface area contributed by atoms with Crippen molar-refractivity contribution in [2.24, 2.45) is 0 Å². The molecular weight excluding hydrogens is 336 g/mol. The van der Waals surface area contributed by atoms with Gasteiger partial charge in [0.05, 0.1) is 9.40 Å². The average Bonchev–Trinajstić information content (AvgIpc) is 3.25. The second kappa shape index (κ2) is 4.21. The molecule has 4 heterocycles. The first-order valence-corrected chi connectivity index (χ1v) is 9.49. The molecule has 0 aliphatic heterocycles. The van der Waals surface area contributed by atoms with E-state index in [4.69, 9.17) is 8.83 Å². The largest absolute Gasteiger partial charge is 0.461 e. The third kappa shape index (κ3) is 1.50. The van der Waals surface area contributed by atoms with Gasteiger partial charge in [-0.1, -0.05) is 0 Å². The van der Waals surface area contributed by atoms with E-state index in [2.05, 4.69) is 36.4 Å². The van der Waals surface area contributed by atoms with E-state index < -0.39 is 0 Å². The predicted octanol–water partition coefficient (Wildman–Crippen LogP) is 7.38. The fraction of sp³-hybridized carbons (Fsp3) is 0.100. The molecule has 0 atom stereocenters. The number of rotatable bonds is 0. The molecule has 0 bridgehead atoms. The fourth-order valence-electron chi connectivity index (χ4n) is 3.66. The second-order valence-electron chi connectivity index (χ2n) is 6.28. The summed E-state index contributed by atoms with van der Waals surface area (Å²) < 4.78 is 17.0. The van der Waals surface area contributed by atoms with Crippen molar-refractivity contribution in [2.75, 3.05) is 0 Å². The summed E-state index contributed by atoms with van der Waals surface area (Å²) in [5, 5.41) is 5.12. The smallest absolute Gasteiger partial charge is 0.135 e. The predicted molar refractivity (Wildman–Crippen MR) is 104 cm³/mol. The molecule has 4 heteroatoms. The van der Waals surface area contributed by atoms with Crippen LogP contribution in [0.2, 0.25) is 0 Å². The molecular formula is C20H12O2S2. The summed E-state index contributed by atoms with van der Waals surface area (Å²) in [4.78, 5) is 0. The van der Waals surface area contributed by atoms with Crippen LogP contribution in [0.3, 0.4) is 0 Å². The Morgan fingerprint density at radius 2 is 1.04 bits per heavy atom. The van der Waals surface area contributed by atoms with E-state index in [-0.39, 0.29) is 0 Å². The first kappa shape index (κ1) is 13.0. The van der Waals surface area contributed by atoms with Crippen molar-refractivity contribution < 1.29 is 8.83 Å². The van der Waals surface area contributed by atoms with Gasteiger partial charge in [0.1, 0.15) is 22.7 Å². The molecule has 4 aromatic heterocycles. The molecule has 0 aliphatic carbocycles. The lowest BCUT2D eigenvalue weighted by Gasteiger charge is -1.93. The summed E-state index contributed by atoms with van der Waals surface area (Å²) in [6, 6.07) is 12.9. The molecule has 6 aromatic rings. The van der Waals surface area contributed by atoms with E-state index in [0.29, 0.717) is 0 Å². The van der Waals surface area contributed by atoms with E-state index >= 15 is 0 Å². The van der Waals surface area contributed by atoms with Gasteiger partial charge in [-0.25, -0.2) is 0 Å². The van der Waals surface area contributed by atoms with Crippen molar-refractivity contribution in [3.05, 3.63) is 47.9 Å². The first-order valence-electron chi connectivity index (χ1n) is 7.86. The van der Waals surface area contributed by atoms with E-state index in [0.717, 1.165) is 22.7 Å². The molecule has 0 fully saturated rings. The van der Waals surface area contributed by atoms with Crippen LogP contribution in [-0.2, 0) is 0 Å². The zero-order valence-electron chi connectivity index (χ0n) is 13.1. The van der Waals surface area contributed by atoms with Gasteiger partial charge in [-0.2, -0.15) is 0 Å². The summed E-state index contributed by atoms with van der Waals surface area (Å²) in [7, 11) is 0. The molecule has 0 aliphatic rings. The lowest BCUT2D eigenvalue weighted by molar-refractivity contribution is 0.578. The Kier molecular flexibility index (Phi) is 2.29. The van der Waals surface area contributed by atoms with Crippen LogP contribution in [0.4, 0.5) is 0 Å². The van der Waals surface area contributed by atoms with Gasteiger partial charge in [-0.3, -0.25) is 0 Å². The molecule has 0 saturated heterocycles. The van der Waals surface area contributed by atoms with Crippen molar-refractivity contribution >= 4 is 74.2 Å². The van der Waals surface area contributed by atoms with Crippen molar-refractivity contribution in [3.63, 3.8) is 0 Å². The van der Waals surface area contributed by atoms with Gasteiger partial charge in [0.15, 0.2) is 0 Å². The molecule has 2 aromatic carbocycles. The Labute approximate surface area is 144 Å². The monoisotopic (exact) mass is 348 g/mol. The van der Waals surface area contributed by atoms with Gasteiger partial charge in [0, 0.05) is 30.9 Å². The maximum absolute atomic E-state index is 5.79. The zero-order valence-corrected chi connectivity index (χ0v) is 14.7. The van der Waals surface area contributed by atoms with Gasteiger partial charge in [-0.15, -0.1) is 22.7 Å². The zero-order chi connectivity index (χ0) is 16.0. The highest BCUT2D eigenvalue weighted by molar-refractivity contribution is 7.37. The standard InChI is InChI=1S/C20H12O2S2/c1-9-7-13-15(21-9)5-3-11-17(13)23-20-12-4-6-16-14(8-10(2)22-16)18(12)24-19(11)20/h3-8H,1-2H3. The topological polar surface area (TPSA) is 26.3 Å². The number of aryl methyl sites for hydroxylation is 2. The van der Waals surface area contributed by atoms with Crippen molar-refractivity contribution in [1.29, 1.82) is 0 Å². The third-order valence-electron chi connectivity index (χ3n) is 4.65. The molecule has 0 N–H and O–H groups in total. The minimum absolute atomic E-state index is 0.967. The number of fused-ring (bicyclic) bond motifs is 9. The maximum Gasteiger partial charge on any atom is 0.135 e. The first-order chi connectivity index (χ1) is 11.7. The highest BCUT2D eigenvalue weighted by Crippen LogP contribution is 2.48. The van der Waals surface area contributed by atoms with Crippen LogP contribution >= 0.6 is 22.7 Å². The van der Waals surface area contributed by atoms with Crippen LogP contribution in [0.25, 0.3) is 51.5 Å². The summed E-state index contributed by atoms with van der Waals surface area (Å²) >= 11 is 3.75. The highest BCUT2D eigenvalue weighted by Gasteiger charge is 2.17. The van der Waals surface area contributed by atoms with Crippen LogP contribution in [0, 0.1) is 13.8 Å². The van der Waals surface area contributed by atoms with Crippen molar-refractivity contribution in [1.82, 2.24) is 0 Å². The van der Waals surface area contributed by atoms with Gasteiger partial charge in [0.2, 0.25) is 0 Å². The lowest BCUT2D eigenvalue weighted by Crippen LogP contribution is -1.65. The summed E-state index contributed by atoms with van der Waals surface area (Å²) in [5.41, 5.74) is 1.96. The highest BCUT2D eigenvalue weighted by atomic mass is 32.1.